The van der Waals surface area contributed by atoms with Crippen LogP contribution >= 0.6 is 0 Å². The van der Waals surface area contributed by atoms with Crippen LogP contribution in [0.5, 0.6) is 5.75 Å². The molecule has 2 N–H and O–H groups in total. The van der Waals surface area contributed by atoms with Crippen LogP contribution in [0.2, 0.25) is 0 Å². The van der Waals surface area contributed by atoms with E-state index in [1.165, 1.54) is 4.90 Å². The summed E-state index contributed by atoms with van der Waals surface area (Å²) in [6, 6.07) is 12.6. The minimum Gasteiger partial charge on any atom is -0.507 e. The number of rotatable bonds is 3. The monoisotopic (exact) mass is 295 g/mol. The Morgan fingerprint density at radius 1 is 1.27 bits per heavy atom. The lowest BCUT2D eigenvalue weighted by atomic mass is 10.1. The average Bonchev–Trinajstić information content (AvgIpc) is 2.95. The van der Waals surface area contributed by atoms with Gasteiger partial charge in [0.15, 0.2) is 0 Å². The molecular weight excluding hydrogens is 278 g/mol. The van der Waals surface area contributed by atoms with Crippen molar-refractivity contribution in [1.29, 1.82) is 0 Å². The molecule has 0 spiro atoms. The van der Waals surface area contributed by atoms with Crippen molar-refractivity contribution in [2.75, 3.05) is 11.9 Å². The molecule has 0 aliphatic carbocycles. The largest absolute Gasteiger partial charge is 0.507 e. The molecular formula is C17H17N3O2. The van der Waals surface area contributed by atoms with Gasteiger partial charge < -0.3 is 10.0 Å². The zero-order valence-electron chi connectivity index (χ0n) is 12.5. The zero-order valence-corrected chi connectivity index (χ0v) is 12.5. The Bertz CT molecular complexity index is 825. The van der Waals surface area contributed by atoms with Crippen LogP contribution in [0.25, 0.3) is 10.9 Å². The molecule has 112 valence electrons. The first-order valence-electron chi connectivity index (χ1n) is 7.15. The maximum absolute atomic E-state index is 12.7. The van der Waals surface area contributed by atoms with Gasteiger partial charge in [-0.15, -0.1) is 0 Å². The van der Waals surface area contributed by atoms with E-state index in [2.05, 4.69) is 10.2 Å². The minimum atomic E-state index is -0.256. The Kier molecular flexibility index (Phi) is 3.55. The van der Waals surface area contributed by atoms with Crippen molar-refractivity contribution in [3.8, 4) is 5.75 Å². The minimum absolute atomic E-state index is 0.0495. The Morgan fingerprint density at radius 3 is 2.68 bits per heavy atom. The van der Waals surface area contributed by atoms with E-state index in [1.807, 2.05) is 37.3 Å². The predicted octanol–water partition coefficient (Wildman–Crippen LogP) is 3.11. The quantitative estimate of drug-likeness (QED) is 0.780. The number of para-hydroxylation sites is 1. The molecule has 0 bridgehead atoms. The number of aryl methyl sites for hydroxylation is 1. The number of benzene rings is 2. The first-order chi connectivity index (χ1) is 10.6. The number of hydrogen-bond donors (Lipinski definition) is 2. The van der Waals surface area contributed by atoms with Crippen LogP contribution in [0.4, 0.5) is 5.69 Å². The van der Waals surface area contributed by atoms with Crippen molar-refractivity contribution >= 4 is 22.5 Å². The Labute approximate surface area is 128 Å². The number of aromatic nitrogens is 2. The van der Waals surface area contributed by atoms with Gasteiger partial charge in [-0.05, 0) is 24.6 Å². The Balaban J connectivity index is 2.05. The number of nitrogens with one attached hydrogen (secondary N) is 1. The molecule has 3 aromatic rings. The maximum Gasteiger partial charge on any atom is 0.261 e. The van der Waals surface area contributed by atoms with Crippen molar-refractivity contribution in [3.05, 3.63) is 53.7 Å². The van der Waals surface area contributed by atoms with Crippen molar-refractivity contribution in [3.63, 3.8) is 0 Å². The summed E-state index contributed by atoms with van der Waals surface area (Å²) in [4.78, 5) is 14.2. The normalized spacial score (nSPS) is 10.8. The van der Waals surface area contributed by atoms with Crippen LogP contribution in [-0.2, 0) is 6.42 Å². The fourth-order valence-corrected chi connectivity index (χ4v) is 2.50. The standard InChI is InChI=1S/C17H17N3O2/c1-3-14-12-9-13(16(21)10-15(12)19-18-14)17(22)20(2)11-7-5-4-6-8-11/h4-10,21H,3H2,1-2H3,(H,18,19). The molecule has 1 amide bonds. The molecule has 22 heavy (non-hydrogen) atoms. The number of hydrogen-bond acceptors (Lipinski definition) is 3. The summed E-state index contributed by atoms with van der Waals surface area (Å²) < 4.78 is 0. The number of carbonyl (C=O) groups is 1. The summed E-state index contributed by atoms with van der Waals surface area (Å²) in [5, 5.41) is 18.1. The number of amides is 1. The van der Waals surface area contributed by atoms with Crippen molar-refractivity contribution < 1.29 is 9.90 Å². The molecule has 1 aromatic heterocycles. The van der Waals surface area contributed by atoms with Crippen LogP contribution in [0, 0.1) is 0 Å². The van der Waals surface area contributed by atoms with E-state index in [-0.39, 0.29) is 17.2 Å². The third-order valence-electron chi connectivity index (χ3n) is 3.77. The fourth-order valence-electron chi connectivity index (χ4n) is 2.50. The molecule has 0 fully saturated rings. The van der Waals surface area contributed by atoms with Crippen molar-refractivity contribution in [2.24, 2.45) is 0 Å². The summed E-state index contributed by atoms with van der Waals surface area (Å²) in [6.45, 7) is 2.00. The maximum atomic E-state index is 12.7. The highest BCUT2D eigenvalue weighted by molar-refractivity contribution is 6.09. The highest BCUT2D eigenvalue weighted by atomic mass is 16.3. The van der Waals surface area contributed by atoms with E-state index in [1.54, 1.807) is 19.2 Å². The zero-order chi connectivity index (χ0) is 15.7. The third-order valence-corrected chi connectivity index (χ3v) is 3.77. The van der Waals surface area contributed by atoms with E-state index in [0.29, 0.717) is 0 Å². The second kappa shape index (κ2) is 5.52. The summed E-state index contributed by atoms with van der Waals surface area (Å²) in [6.07, 6.45) is 0.757. The lowest BCUT2D eigenvalue weighted by Gasteiger charge is -2.18. The number of nitrogens with zero attached hydrogens (tertiary/aromatic N) is 2. The van der Waals surface area contributed by atoms with Crippen LogP contribution in [0.15, 0.2) is 42.5 Å². The van der Waals surface area contributed by atoms with Gasteiger partial charge in [0.25, 0.3) is 5.91 Å². The van der Waals surface area contributed by atoms with Gasteiger partial charge in [-0.25, -0.2) is 0 Å². The number of carbonyl (C=O) groups excluding carboxylic acids is 1. The van der Waals surface area contributed by atoms with Crippen LogP contribution in [0.1, 0.15) is 23.0 Å². The van der Waals surface area contributed by atoms with Gasteiger partial charge >= 0.3 is 0 Å². The number of H-pyrrole nitrogens is 1. The van der Waals surface area contributed by atoms with Crippen molar-refractivity contribution in [2.45, 2.75) is 13.3 Å². The number of aromatic amines is 1. The van der Waals surface area contributed by atoms with Crippen molar-refractivity contribution in [1.82, 2.24) is 10.2 Å². The number of aromatic hydroxyl groups is 1. The number of anilines is 1. The first-order valence-corrected chi connectivity index (χ1v) is 7.15. The second-order valence-corrected chi connectivity index (χ2v) is 5.14. The smallest absolute Gasteiger partial charge is 0.261 e. The van der Waals surface area contributed by atoms with Crippen LogP contribution in [0.3, 0.4) is 0 Å². The summed E-state index contributed by atoms with van der Waals surface area (Å²) in [7, 11) is 1.69. The summed E-state index contributed by atoms with van der Waals surface area (Å²) in [5.41, 5.74) is 2.66. The number of phenols is 1. The van der Waals surface area contributed by atoms with E-state index in [0.717, 1.165) is 28.7 Å². The molecule has 0 radical (unpaired) electrons. The summed E-state index contributed by atoms with van der Waals surface area (Å²) in [5.74, 6) is -0.305. The molecule has 2 aromatic carbocycles. The number of fused-ring (bicyclic) bond motifs is 1. The Morgan fingerprint density at radius 2 is 2.00 bits per heavy atom. The van der Waals surface area contributed by atoms with E-state index in [9.17, 15) is 9.90 Å². The predicted molar refractivity (Wildman–Crippen MR) is 86.3 cm³/mol. The van der Waals surface area contributed by atoms with E-state index in [4.69, 9.17) is 0 Å². The van der Waals surface area contributed by atoms with Gasteiger partial charge in [-0.2, -0.15) is 5.10 Å². The van der Waals surface area contributed by atoms with Gasteiger partial charge in [-0.1, -0.05) is 25.1 Å². The van der Waals surface area contributed by atoms with E-state index < -0.39 is 0 Å². The Hall–Kier alpha value is -2.82. The highest BCUT2D eigenvalue weighted by Crippen LogP contribution is 2.28. The number of phenolic OH excluding ortho intramolecular Hbond substituents is 1. The average molecular weight is 295 g/mol. The van der Waals surface area contributed by atoms with Gasteiger partial charge in [0.2, 0.25) is 0 Å². The molecule has 0 aliphatic heterocycles. The lowest BCUT2D eigenvalue weighted by Crippen LogP contribution is -2.26. The first kappa shape index (κ1) is 14.1. The van der Waals surface area contributed by atoms with Gasteiger partial charge in [0, 0.05) is 24.2 Å². The molecule has 0 unspecified atom stereocenters. The van der Waals surface area contributed by atoms with Crippen LogP contribution in [-0.4, -0.2) is 28.3 Å². The third kappa shape index (κ3) is 2.30. The van der Waals surface area contributed by atoms with Crippen LogP contribution < -0.4 is 4.90 Å². The van der Waals surface area contributed by atoms with E-state index >= 15 is 0 Å². The van der Waals surface area contributed by atoms with Gasteiger partial charge in [0.05, 0.1) is 16.8 Å². The topological polar surface area (TPSA) is 69.2 Å². The lowest BCUT2D eigenvalue weighted by molar-refractivity contribution is 0.0990. The van der Waals surface area contributed by atoms with Gasteiger partial charge in [0.1, 0.15) is 5.75 Å². The fraction of sp³-hybridized carbons (Fsp3) is 0.176. The van der Waals surface area contributed by atoms with Gasteiger partial charge in [-0.3, -0.25) is 9.89 Å². The summed E-state index contributed by atoms with van der Waals surface area (Å²) >= 11 is 0. The molecule has 1 heterocycles. The molecule has 0 aliphatic rings. The molecule has 0 atom stereocenters. The second-order valence-electron chi connectivity index (χ2n) is 5.14. The molecule has 0 saturated carbocycles. The SMILES string of the molecule is CCc1n[nH]c2cc(O)c(C(=O)N(C)c3ccccc3)cc12. The molecule has 5 heteroatoms. The molecule has 5 nitrogen and oxygen atoms in total. The highest BCUT2D eigenvalue weighted by Gasteiger charge is 2.19. The molecule has 3 rings (SSSR count). The molecule has 0 saturated heterocycles.